The number of urea groups is 1. The van der Waals surface area contributed by atoms with Crippen LogP contribution in [0.1, 0.15) is 51.4 Å². The Morgan fingerprint density at radius 3 is 2.10 bits per heavy atom. The third-order valence-electron chi connectivity index (χ3n) is 5.46. The monoisotopic (exact) mass is 280 g/mol. The van der Waals surface area contributed by atoms with Crippen LogP contribution in [0.5, 0.6) is 0 Å². The molecule has 20 heavy (non-hydrogen) atoms. The highest BCUT2D eigenvalue weighted by molar-refractivity contribution is 5.75. The van der Waals surface area contributed by atoms with Crippen LogP contribution in [0.2, 0.25) is 0 Å². The molecule has 2 amide bonds. The second kappa shape index (κ2) is 5.26. The molecule has 0 unspecified atom stereocenters. The van der Waals surface area contributed by atoms with Crippen LogP contribution in [0.3, 0.4) is 0 Å². The third-order valence-corrected chi connectivity index (χ3v) is 5.46. The fourth-order valence-corrected chi connectivity index (χ4v) is 3.65. The minimum absolute atomic E-state index is 0.00517. The number of nitrogens with zero attached hydrogens (tertiary/aromatic N) is 1. The minimum atomic E-state index is -0.730. The van der Waals surface area contributed by atoms with Gasteiger partial charge in [-0.05, 0) is 56.8 Å². The van der Waals surface area contributed by atoms with Crippen molar-refractivity contribution in [3.05, 3.63) is 0 Å². The number of carboxylic acid groups (broad SMARTS) is 1. The molecule has 1 heterocycles. The molecule has 2 N–H and O–H groups in total. The number of carboxylic acids is 1. The molecule has 0 aromatic carbocycles. The number of amides is 2. The van der Waals surface area contributed by atoms with Gasteiger partial charge in [-0.15, -0.1) is 0 Å². The minimum Gasteiger partial charge on any atom is -0.481 e. The zero-order valence-electron chi connectivity index (χ0n) is 11.9. The zero-order valence-corrected chi connectivity index (χ0v) is 11.9. The first-order chi connectivity index (χ1) is 9.58. The number of carbonyl (C=O) groups is 2. The summed E-state index contributed by atoms with van der Waals surface area (Å²) in [6.45, 7) is 1.14. The molecule has 5 heteroatoms. The number of piperidine rings is 1. The number of nitrogens with one attached hydrogen (secondary N) is 1. The summed E-state index contributed by atoms with van der Waals surface area (Å²) in [5.74, 6) is -1.00. The lowest BCUT2D eigenvalue weighted by Gasteiger charge is -2.34. The fourth-order valence-electron chi connectivity index (χ4n) is 3.65. The Labute approximate surface area is 119 Å². The average molecular weight is 280 g/mol. The maximum Gasteiger partial charge on any atom is 0.317 e. The van der Waals surface area contributed by atoms with Gasteiger partial charge in [0.15, 0.2) is 0 Å². The quantitative estimate of drug-likeness (QED) is 0.815. The molecule has 2 aliphatic carbocycles. The third kappa shape index (κ3) is 2.91. The van der Waals surface area contributed by atoms with Crippen LogP contribution in [-0.4, -0.2) is 41.1 Å². The molecule has 0 bridgehead atoms. The molecule has 0 atom stereocenters. The predicted octanol–water partition coefficient (Wildman–Crippen LogP) is 2.22. The Balaban J connectivity index is 1.42. The van der Waals surface area contributed by atoms with Gasteiger partial charge in [0.05, 0.1) is 5.92 Å². The summed E-state index contributed by atoms with van der Waals surface area (Å²) >= 11 is 0. The van der Waals surface area contributed by atoms with Crippen LogP contribution in [-0.2, 0) is 4.79 Å². The van der Waals surface area contributed by atoms with Crippen molar-refractivity contribution in [3.8, 4) is 0 Å². The molecule has 1 aliphatic heterocycles. The lowest BCUT2D eigenvalue weighted by atomic mass is 9.83. The molecular formula is C15H24N2O3. The van der Waals surface area contributed by atoms with E-state index in [4.69, 9.17) is 5.11 Å². The number of aliphatic carboxylic acids is 1. The number of carbonyl (C=O) groups excluding carboxylic acids is 1. The van der Waals surface area contributed by atoms with Crippen LogP contribution in [0.25, 0.3) is 0 Å². The van der Waals surface area contributed by atoms with Crippen LogP contribution in [0.15, 0.2) is 0 Å². The summed E-state index contributed by atoms with van der Waals surface area (Å²) in [4.78, 5) is 24.9. The molecule has 3 rings (SSSR count). The van der Waals surface area contributed by atoms with E-state index in [9.17, 15) is 9.59 Å². The summed E-state index contributed by atoms with van der Waals surface area (Å²) in [5, 5.41) is 12.1. The Morgan fingerprint density at radius 1 is 1.00 bits per heavy atom. The second-order valence-electron chi connectivity index (χ2n) is 6.82. The maximum absolute atomic E-state index is 12.2. The summed E-state index contributed by atoms with van der Waals surface area (Å²) in [6, 6.07) is 0.330. The number of hydrogen-bond donors (Lipinski definition) is 2. The van der Waals surface area contributed by atoms with E-state index in [1.54, 1.807) is 4.90 Å². The van der Waals surface area contributed by atoms with Crippen molar-refractivity contribution in [3.63, 3.8) is 0 Å². The van der Waals surface area contributed by atoms with E-state index in [0.717, 1.165) is 12.8 Å². The van der Waals surface area contributed by atoms with Crippen molar-refractivity contribution in [1.82, 2.24) is 10.2 Å². The molecule has 1 saturated heterocycles. The normalized spacial score (nSPS) is 26.5. The van der Waals surface area contributed by atoms with Gasteiger partial charge in [-0.3, -0.25) is 4.79 Å². The average Bonchev–Trinajstić information content (AvgIpc) is 3.21. The second-order valence-corrected chi connectivity index (χ2v) is 6.82. The number of rotatable bonds is 2. The van der Waals surface area contributed by atoms with E-state index >= 15 is 0 Å². The summed E-state index contributed by atoms with van der Waals surface area (Å²) in [6.07, 6.45) is 8.67. The van der Waals surface area contributed by atoms with Gasteiger partial charge in [0, 0.05) is 19.1 Å². The molecule has 112 valence electrons. The Bertz CT molecular complexity index is 388. The van der Waals surface area contributed by atoms with Crippen LogP contribution >= 0.6 is 0 Å². The van der Waals surface area contributed by atoms with Gasteiger partial charge in [0.2, 0.25) is 0 Å². The van der Waals surface area contributed by atoms with E-state index in [-0.39, 0.29) is 11.9 Å². The summed E-state index contributed by atoms with van der Waals surface area (Å²) < 4.78 is 0. The number of likely N-dealkylation sites (tertiary alicyclic amines) is 1. The predicted molar refractivity (Wildman–Crippen MR) is 74.4 cm³/mol. The van der Waals surface area contributed by atoms with Crippen LogP contribution in [0.4, 0.5) is 4.79 Å². The molecule has 0 aromatic heterocycles. The Kier molecular flexibility index (Phi) is 3.61. The first-order valence-electron chi connectivity index (χ1n) is 7.86. The highest BCUT2D eigenvalue weighted by Gasteiger charge is 2.45. The molecular weight excluding hydrogens is 256 g/mol. The molecule has 0 aromatic rings. The molecule has 3 aliphatic rings. The maximum atomic E-state index is 12.2. The Hall–Kier alpha value is -1.26. The van der Waals surface area contributed by atoms with E-state index in [1.807, 2.05) is 0 Å². The van der Waals surface area contributed by atoms with E-state index in [2.05, 4.69) is 5.32 Å². The van der Waals surface area contributed by atoms with Crippen LogP contribution < -0.4 is 5.32 Å². The highest BCUT2D eigenvalue weighted by atomic mass is 16.4. The van der Waals surface area contributed by atoms with E-state index in [0.29, 0.717) is 37.4 Å². The largest absolute Gasteiger partial charge is 0.481 e. The first-order valence-corrected chi connectivity index (χ1v) is 7.86. The summed E-state index contributed by atoms with van der Waals surface area (Å²) in [5.41, 5.74) is 0.654. The van der Waals surface area contributed by atoms with Gasteiger partial charge in [0.1, 0.15) is 0 Å². The van der Waals surface area contributed by atoms with Crippen molar-refractivity contribution in [2.45, 2.75) is 57.4 Å². The van der Waals surface area contributed by atoms with Crippen molar-refractivity contribution in [2.75, 3.05) is 13.1 Å². The standard InChI is InChI=1S/C15H24N2O3/c18-13(19)11-3-9-17(10-4-11)14(20)16-12-1-5-15(6-2-12)7-8-15/h11-12H,1-10H2,(H,16,20)(H,18,19). The zero-order chi connectivity index (χ0) is 14.2. The first kappa shape index (κ1) is 13.7. The lowest BCUT2D eigenvalue weighted by Crippen LogP contribution is -2.49. The fraction of sp³-hybridized carbons (Fsp3) is 0.867. The van der Waals surface area contributed by atoms with Crippen molar-refractivity contribution >= 4 is 12.0 Å². The van der Waals surface area contributed by atoms with E-state index < -0.39 is 5.97 Å². The van der Waals surface area contributed by atoms with Gasteiger partial charge >= 0.3 is 12.0 Å². The van der Waals surface area contributed by atoms with Crippen LogP contribution in [0, 0.1) is 11.3 Å². The van der Waals surface area contributed by atoms with Gasteiger partial charge in [0.25, 0.3) is 0 Å². The molecule has 3 fully saturated rings. The van der Waals surface area contributed by atoms with Gasteiger partial charge in [-0.25, -0.2) is 4.79 Å². The number of hydrogen-bond acceptors (Lipinski definition) is 2. The van der Waals surface area contributed by atoms with Crippen molar-refractivity contribution in [1.29, 1.82) is 0 Å². The molecule has 5 nitrogen and oxygen atoms in total. The molecule has 1 spiro atoms. The van der Waals surface area contributed by atoms with E-state index in [1.165, 1.54) is 25.7 Å². The SMILES string of the molecule is O=C(O)C1CCN(C(=O)NC2CCC3(CC2)CC3)CC1. The van der Waals surface area contributed by atoms with Gasteiger partial charge in [-0.1, -0.05) is 0 Å². The molecule has 2 saturated carbocycles. The molecule has 0 radical (unpaired) electrons. The van der Waals surface area contributed by atoms with Gasteiger partial charge in [-0.2, -0.15) is 0 Å². The summed E-state index contributed by atoms with van der Waals surface area (Å²) in [7, 11) is 0. The van der Waals surface area contributed by atoms with Gasteiger partial charge < -0.3 is 15.3 Å². The topological polar surface area (TPSA) is 69.6 Å². The lowest BCUT2D eigenvalue weighted by molar-refractivity contribution is -0.143. The Morgan fingerprint density at radius 2 is 1.60 bits per heavy atom. The smallest absolute Gasteiger partial charge is 0.317 e. The van der Waals surface area contributed by atoms with Crippen molar-refractivity contribution < 1.29 is 14.7 Å². The van der Waals surface area contributed by atoms with Crippen molar-refractivity contribution in [2.24, 2.45) is 11.3 Å². The highest BCUT2D eigenvalue weighted by Crippen LogP contribution is 2.56.